The van der Waals surface area contributed by atoms with Gasteiger partial charge in [-0.05, 0) is 38.5 Å². The first kappa shape index (κ1) is 16.2. The van der Waals surface area contributed by atoms with E-state index in [4.69, 9.17) is 11.6 Å². The first-order valence-corrected chi connectivity index (χ1v) is 7.06. The molecular formula is C15H15ClFN3O2. The van der Waals surface area contributed by atoms with Gasteiger partial charge in [0.05, 0.1) is 10.7 Å². The van der Waals surface area contributed by atoms with E-state index in [2.05, 4.69) is 15.3 Å². The Hall–Kier alpha value is -2.21. The van der Waals surface area contributed by atoms with Crippen molar-refractivity contribution in [2.75, 3.05) is 5.32 Å². The smallest absolute Gasteiger partial charge is 0.254 e. The van der Waals surface area contributed by atoms with E-state index in [9.17, 15) is 14.0 Å². The summed E-state index contributed by atoms with van der Waals surface area (Å²) < 4.78 is 12.9. The zero-order valence-electron chi connectivity index (χ0n) is 12.2. The second-order valence-corrected chi connectivity index (χ2v) is 5.29. The lowest BCUT2D eigenvalue weighted by Crippen LogP contribution is -2.20. The highest BCUT2D eigenvalue weighted by Crippen LogP contribution is 2.22. The van der Waals surface area contributed by atoms with Crippen molar-refractivity contribution >= 4 is 23.2 Å². The molecule has 0 aliphatic carbocycles. The molecule has 2 rings (SSSR count). The standard InChI is InChI=1S/C15H15ClFN3O2/c1-8-11(15(22)19-9(2)18-8)4-6-14(21)20-13-5-3-10(17)7-12(13)16/h3,5,7H,4,6H2,1-2H3,(H,20,21)(H,18,19,22). The van der Waals surface area contributed by atoms with E-state index in [0.717, 1.165) is 6.07 Å². The molecule has 2 aromatic rings. The molecule has 0 aliphatic rings. The summed E-state index contributed by atoms with van der Waals surface area (Å²) >= 11 is 5.84. The Morgan fingerprint density at radius 2 is 2.14 bits per heavy atom. The third-order valence-corrected chi connectivity index (χ3v) is 3.46. The molecule has 0 atom stereocenters. The largest absolute Gasteiger partial charge is 0.325 e. The monoisotopic (exact) mass is 323 g/mol. The quantitative estimate of drug-likeness (QED) is 0.908. The lowest BCUT2D eigenvalue weighted by Gasteiger charge is -2.08. The zero-order valence-corrected chi connectivity index (χ0v) is 12.9. The molecule has 0 radical (unpaired) electrons. The molecule has 1 aromatic carbocycles. The highest BCUT2D eigenvalue weighted by Gasteiger charge is 2.11. The molecule has 0 saturated heterocycles. The summed E-state index contributed by atoms with van der Waals surface area (Å²) in [6, 6.07) is 3.72. The average molecular weight is 324 g/mol. The van der Waals surface area contributed by atoms with Crippen molar-refractivity contribution in [1.29, 1.82) is 0 Å². The van der Waals surface area contributed by atoms with Crippen LogP contribution in [0.25, 0.3) is 0 Å². The van der Waals surface area contributed by atoms with E-state index in [-0.39, 0.29) is 29.3 Å². The van der Waals surface area contributed by atoms with Crippen LogP contribution in [0.3, 0.4) is 0 Å². The van der Waals surface area contributed by atoms with Crippen LogP contribution in [0, 0.1) is 19.7 Å². The van der Waals surface area contributed by atoms with Crippen molar-refractivity contribution in [2.24, 2.45) is 0 Å². The summed E-state index contributed by atoms with van der Waals surface area (Å²) in [7, 11) is 0. The van der Waals surface area contributed by atoms with Crippen molar-refractivity contribution in [1.82, 2.24) is 9.97 Å². The van der Waals surface area contributed by atoms with Crippen molar-refractivity contribution < 1.29 is 9.18 Å². The van der Waals surface area contributed by atoms with Gasteiger partial charge in [0.1, 0.15) is 11.6 Å². The molecular weight excluding hydrogens is 309 g/mol. The van der Waals surface area contributed by atoms with Crippen LogP contribution in [0.4, 0.5) is 10.1 Å². The molecule has 22 heavy (non-hydrogen) atoms. The number of rotatable bonds is 4. The van der Waals surface area contributed by atoms with Gasteiger partial charge in [-0.2, -0.15) is 0 Å². The molecule has 1 heterocycles. The molecule has 1 amide bonds. The van der Waals surface area contributed by atoms with Gasteiger partial charge in [-0.25, -0.2) is 9.37 Å². The lowest BCUT2D eigenvalue weighted by atomic mass is 10.1. The lowest BCUT2D eigenvalue weighted by molar-refractivity contribution is -0.116. The minimum absolute atomic E-state index is 0.0996. The van der Waals surface area contributed by atoms with Gasteiger partial charge in [-0.15, -0.1) is 0 Å². The predicted molar refractivity (Wildman–Crippen MR) is 82.7 cm³/mol. The van der Waals surface area contributed by atoms with E-state index < -0.39 is 5.82 Å². The predicted octanol–water partition coefficient (Wildman–Crippen LogP) is 2.75. The number of carbonyl (C=O) groups excluding carboxylic acids is 1. The number of benzene rings is 1. The Morgan fingerprint density at radius 3 is 2.77 bits per heavy atom. The summed E-state index contributed by atoms with van der Waals surface area (Å²) in [5.41, 5.74) is 1.18. The van der Waals surface area contributed by atoms with Crippen LogP contribution in [-0.4, -0.2) is 15.9 Å². The van der Waals surface area contributed by atoms with E-state index in [1.807, 2.05) is 0 Å². The Morgan fingerprint density at radius 1 is 1.41 bits per heavy atom. The first-order valence-electron chi connectivity index (χ1n) is 6.68. The van der Waals surface area contributed by atoms with Gasteiger partial charge in [0.2, 0.25) is 5.91 Å². The van der Waals surface area contributed by atoms with Gasteiger partial charge >= 0.3 is 0 Å². The zero-order chi connectivity index (χ0) is 16.3. The molecule has 7 heteroatoms. The fourth-order valence-corrected chi connectivity index (χ4v) is 2.30. The molecule has 0 aliphatic heterocycles. The summed E-state index contributed by atoms with van der Waals surface area (Å²) in [4.78, 5) is 30.5. The Kier molecular flexibility index (Phi) is 4.92. The average Bonchev–Trinajstić information content (AvgIpc) is 2.40. The molecule has 0 unspecified atom stereocenters. The van der Waals surface area contributed by atoms with Gasteiger partial charge in [0.15, 0.2) is 0 Å². The second kappa shape index (κ2) is 6.70. The fraction of sp³-hybridized carbons (Fsp3) is 0.267. The summed E-state index contributed by atoms with van der Waals surface area (Å²) in [5.74, 6) is -0.252. The summed E-state index contributed by atoms with van der Waals surface area (Å²) in [5, 5.41) is 2.71. The molecule has 0 bridgehead atoms. The maximum atomic E-state index is 12.9. The maximum Gasteiger partial charge on any atom is 0.254 e. The fourth-order valence-electron chi connectivity index (χ4n) is 2.09. The van der Waals surface area contributed by atoms with Crippen LogP contribution in [0.5, 0.6) is 0 Å². The number of nitrogens with one attached hydrogen (secondary N) is 2. The number of aromatic nitrogens is 2. The maximum absolute atomic E-state index is 12.9. The molecule has 0 spiro atoms. The number of aromatic amines is 1. The minimum Gasteiger partial charge on any atom is -0.325 e. The Balaban J connectivity index is 2.03. The molecule has 0 saturated carbocycles. The van der Waals surface area contributed by atoms with Gasteiger partial charge in [-0.3, -0.25) is 9.59 Å². The van der Waals surface area contributed by atoms with E-state index in [1.54, 1.807) is 13.8 Å². The van der Waals surface area contributed by atoms with Crippen molar-refractivity contribution in [3.8, 4) is 0 Å². The molecule has 0 fully saturated rings. The number of anilines is 1. The number of hydrogen-bond donors (Lipinski definition) is 2. The minimum atomic E-state index is -0.476. The van der Waals surface area contributed by atoms with E-state index in [0.29, 0.717) is 22.8 Å². The summed E-state index contributed by atoms with van der Waals surface area (Å²) in [6.45, 7) is 3.42. The van der Waals surface area contributed by atoms with Gasteiger partial charge in [0.25, 0.3) is 5.56 Å². The number of hydrogen-bond acceptors (Lipinski definition) is 3. The SMILES string of the molecule is Cc1nc(C)c(CCC(=O)Nc2ccc(F)cc2Cl)c(=O)[nH]1. The number of nitrogens with zero attached hydrogens (tertiary/aromatic N) is 1. The number of H-pyrrole nitrogens is 1. The van der Waals surface area contributed by atoms with Crippen molar-refractivity contribution in [3.63, 3.8) is 0 Å². The third-order valence-electron chi connectivity index (χ3n) is 3.15. The third kappa shape index (κ3) is 3.92. The topological polar surface area (TPSA) is 74.8 Å². The number of aryl methyl sites for hydroxylation is 2. The second-order valence-electron chi connectivity index (χ2n) is 4.89. The van der Waals surface area contributed by atoms with Gasteiger partial charge < -0.3 is 10.3 Å². The molecule has 2 N–H and O–H groups in total. The Labute approximate surface area is 131 Å². The van der Waals surface area contributed by atoms with Crippen LogP contribution in [0.15, 0.2) is 23.0 Å². The van der Waals surface area contributed by atoms with Gasteiger partial charge in [-0.1, -0.05) is 11.6 Å². The number of amides is 1. The van der Waals surface area contributed by atoms with Crippen LogP contribution in [0.2, 0.25) is 5.02 Å². The van der Waals surface area contributed by atoms with Crippen LogP contribution in [0.1, 0.15) is 23.5 Å². The molecule has 5 nitrogen and oxygen atoms in total. The van der Waals surface area contributed by atoms with E-state index >= 15 is 0 Å². The molecule has 116 valence electrons. The Bertz CT molecular complexity index is 774. The normalized spacial score (nSPS) is 10.5. The highest BCUT2D eigenvalue weighted by molar-refractivity contribution is 6.33. The first-order chi connectivity index (χ1) is 10.4. The van der Waals surface area contributed by atoms with Gasteiger partial charge in [0, 0.05) is 17.7 Å². The van der Waals surface area contributed by atoms with Crippen LogP contribution >= 0.6 is 11.6 Å². The summed E-state index contributed by atoms with van der Waals surface area (Å²) in [6.07, 6.45) is 0.363. The van der Waals surface area contributed by atoms with Crippen molar-refractivity contribution in [2.45, 2.75) is 26.7 Å². The highest BCUT2D eigenvalue weighted by atomic mass is 35.5. The van der Waals surface area contributed by atoms with Crippen molar-refractivity contribution in [3.05, 3.63) is 56.5 Å². The van der Waals surface area contributed by atoms with Crippen LogP contribution < -0.4 is 10.9 Å². The molecule has 1 aromatic heterocycles. The van der Waals surface area contributed by atoms with Crippen LogP contribution in [-0.2, 0) is 11.2 Å². The van der Waals surface area contributed by atoms with E-state index in [1.165, 1.54) is 12.1 Å². The number of halogens is 2. The number of carbonyl (C=O) groups is 1.